The lowest BCUT2D eigenvalue weighted by Crippen LogP contribution is -2.02. The number of benzene rings is 2. The molecule has 0 aromatic heterocycles. The Morgan fingerprint density at radius 2 is 1.67 bits per heavy atom. The molecule has 0 aliphatic rings. The maximum Gasteiger partial charge on any atom is 0.336 e. The van der Waals surface area contributed by atoms with Crippen molar-refractivity contribution < 1.29 is 9.90 Å². The number of carboxylic acids is 1. The molecule has 0 saturated heterocycles. The number of nitrogens with zero attached hydrogens (tertiary/aromatic N) is 3. The second-order valence-electron chi connectivity index (χ2n) is 4.64. The zero-order valence-electron chi connectivity index (χ0n) is 12.3. The minimum atomic E-state index is -1.04. The molecule has 6 heteroatoms. The number of aromatic carboxylic acids is 1. The first-order valence-corrected chi connectivity index (χ1v) is 6.75. The number of hydrogen-bond donors (Lipinski definition) is 2. The monoisotopic (exact) mass is 314 g/mol. The van der Waals surface area contributed by atoms with E-state index in [0.29, 0.717) is 16.8 Å². The van der Waals surface area contributed by atoms with E-state index < -0.39 is 5.97 Å². The quantitative estimate of drug-likeness (QED) is 0.835. The van der Waals surface area contributed by atoms with Gasteiger partial charge >= 0.3 is 5.97 Å². The Hall–Kier alpha value is -4.08. The lowest BCUT2D eigenvalue weighted by atomic mass is 9.99. The van der Waals surface area contributed by atoms with Crippen molar-refractivity contribution in [2.24, 2.45) is 0 Å². The minimum absolute atomic E-state index is 0.153. The topological polar surface area (TPSA) is 121 Å². The molecule has 0 aliphatic heterocycles. The highest BCUT2D eigenvalue weighted by molar-refractivity contribution is 5.96. The van der Waals surface area contributed by atoms with E-state index in [-0.39, 0.29) is 16.8 Å². The van der Waals surface area contributed by atoms with Crippen LogP contribution in [0.3, 0.4) is 0 Å². The predicted octanol–water partition coefficient (Wildman–Crippen LogP) is 3.29. The predicted molar refractivity (Wildman–Crippen MR) is 86.3 cm³/mol. The number of nitriles is 3. The van der Waals surface area contributed by atoms with Gasteiger partial charge in [0, 0.05) is 5.69 Å². The Labute approximate surface area is 138 Å². The van der Waals surface area contributed by atoms with Gasteiger partial charge < -0.3 is 10.4 Å². The summed E-state index contributed by atoms with van der Waals surface area (Å²) in [5, 5.41) is 38.8. The van der Waals surface area contributed by atoms with E-state index in [9.17, 15) is 9.90 Å². The molecular formula is C18H10N4O2. The van der Waals surface area contributed by atoms with E-state index >= 15 is 0 Å². The number of nitrogens with one attached hydrogen (secondary N) is 1. The van der Waals surface area contributed by atoms with Gasteiger partial charge in [-0.2, -0.15) is 15.8 Å². The maximum atomic E-state index is 11.3. The molecule has 0 fully saturated rings. The van der Waals surface area contributed by atoms with E-state index in [2.05, 4.69) is 5.32 Å². The van der Waals surface area contributed by atoms with Crippen LogP contribution in [-0.2, 0) is 0 Å². The fourth-order valence-corrected chi connectivity index (χ4v) is 2.11. The molecule has 0 amide bonds. The Morgan fingerprint density at radius 3 is 2.29 bits per heavy atom. The van der Waals surface area contributed by atoms with Gasteiger partial charge in [0.15, 0.2) is 5.57 Å². The van der Waals surface area contributed by atoms with Crippen LogP contribution in [0.15, 0.2) is 59.8 Å². The highest BCUT2D eigenvalue weighted by Crippen LogP contribution is 2.26. The first-order chi connectivity index (χ1) is 11.6. The molecule has 0 unspecified atom stereocenters. The molecular weight excluding hydrogens is 304 g/mol. The van der Waals surface area contributed by atoms with Crippen LogP contribution >= 0.6 is 0 Å². The normalized spacial score (nSPS) is 9.04. The molecule has 0 spiro atoms. The van der Waals surface area contributed by atoms with Gasteiger partial charge in [0.1, 0.15) is 23.9 Å². The van der Waals surface area contributed by atoms with Crippen LogP contribution < -0.4 is 5.32 Å². The molecule has 114 valence electrons. The van der Waals surface area contributed by atoms with E-state index in [4.69, 9.17) is 15.8 Å². The zero-order valence-corrected chi connectivity index (χ0v) is 12.3. The summed E-state index contributed by atoms with van der Waals surface area (Å²) in [7, 11) is 0. The van der Waals surface area contributed by atoms with Crippen LogP contribution in [0, 0.1) is 34.0 Å². The van der Waals surface area contributed by atoms with E-state index in [1.807, 2.05) is 0 Å². The van der Waals surface area contributed by atoms with Crippen molar-refractivity contribution >= 4 is 11.7 Å². The third-order valence-electron chi connectivity index (χ3n) is 3.19. The number of carbonyl (C=O) groups is 1. The first kappa shape index (κ1) is 16.3. The molecule has 0 atom stereocenters. The summed E-state index contributed by atoms with van der Waals surface area (Å²) < 4.78 is 0. The molecule has 2 N–H and O–H groups in total. The second kappa shape index (κ2) is 7.26. The Bertz CT molecular complexity index is 940. The van der Waals surface area contributed by atoms with Crippen LogP contribution in [0.1, 0.15) is 10.4 Å². The van der Waals surface area contributed by atoms with Crippen molar-refractivity contribution in [1.29, 1.82) is 15.8 Å². The van der Waals surface area contributed by atoms with Crippen molar-refractivity contribution in [3.63, 3.8) is 0 Å². The van der Waals surface area contributed by atoms with Gasteiger partial charge in [-0.05, 0) is 29.3 Å². The third-order valence-corrected chi connectivity index (χ3v) is 3.19. The standard InChI is InChI=1S/C18H10N4O2/c19-9-13(10-20)17(11-21)22-14-5-3-4-12(8-14)15-6-1-2-7-16(15)18(23)24/h1-8,22H,(H,23,24). The molecule has 2 aromatic rings. The third kappa shape index (κ3) is 3.39. The van der Waals surface area contributed by atoms with Crippen LogP contribution in [0.25, 0.3) is 11.1 Å². The molecule has 0 bridgehead atoms. The zero-order chi connectivity index (χ0) is 17.5. The van der Waals surface area contributed by atoms with E-state index in [1.54, 1.807) is 60.7 Å². The van der Waals surface area contributed by atoms with Gasteiger partial charge in [0.05, 0.1) is 5.56 Å². The van der Waals surface area contributed by atoms with Crippen molar-refractivity contribution in [3.05, 3.63) is 65.4 Å². The van der Waals surface area contributed by atoms with Crippen molar-refractivity contribution in [2.45, 2.75) is 0 Å². The summed E-state index contributed by atoms with van der Waals surface area (Å²) >= 11 is 0. The highest BCUT2D eigenvalue weighted by Gasteiger charge is 2.12. The SMILES string of the molecule is N#CC(C#N)=C(C#N)Nc1cccc(-c2ccccc2C(=O)O)c1. The highest BCUT2D eigenvalue weighted by atomic mass is 16.4. The Morgan fingerprint density at radius 1 is 0.958 bits per heavy atom. The number of anilines is 1. The van der Waals surface area contributed by atoms with Gasteiger partial charge in [0.2, 0.25) is 0 Å². The van der Waals surface area contributed by atoms with E-state index in [0.717, 1.165) is 0 Å². The lowest BCUT2D eigenvalue weighted by Gasteiger charge is -2.09. The summed E-state index contributed by atoms with van der Waals surface area (Å²) in [5.74, 6) is -1.04. The van der Waals surface area contributed by atoms with Crippen molar-refractivity contribution in [2.75, 3.05) is 5.32 Å². The van der Waals surface area contributed by atoms with Gasteiger partial charge in [-0.1, -0.05) is 30.3 Å². The van der Waals surface area contributed by atoms with Gasteiger partial charge in [-0.15, -0.1) is 0 Å². The fourth-order valence-electron chi connectivity index (χ4n) is 2.11. The van der Waals surface area contributed by atoms with Crippen molar-refractivity contribution in [1.82, 2.24) is 0 Å². The summed E-state index contributed by atoms with van der Waals surface area (Å²) in [5.41, 5.74) is 1.29. The minimum Gasteiger partial charge on any atom is -0.478 e. The Kier molecular flexibility index (Phi) is 4.93. The smallest absolute Gasteiger partial charge is 0.336 e. The number of allylic oxidation sites excluding steroid dienone is 2. The summed E-state index contributed by atoms with van der Waals surface area (Å²) in [6, 6.07) is 18.3. The van der Waals surface area contributed by atoms with Crippen LogP contribution in [0.5, 0.6) is 0 Å². The van der Waals surface area contributed by atoms with Gasteiger partial charge in [0.25, 0.3) is 0 Å². The first-order valence-electron chi connectivity index (χ1n) is 6.75. The summed E-state index contributed by atoms with van der Waals surface area (Å²) in [6.07, 6.45) is 0. The number of carboxylic acid groups (broad SMARTS) is 1. The molecule has 0 saturated carbocycles. The average molecular weight is 314 g/mol. The van der Waals surface area contributed by atoms with Crippen LogP contribution in [0.4, 0.5) is 5.69 Å². The summed E-state index contributed by atoms with van der Waals surface area (Å²) in [6.45, 7) is 0. The van der Waals surface area contributed by atoms with Crippen LogP contribution in [-0.4, -0.2) is 11.1 Å². The van der Waals surface area contributed by atoms with E-state index in [1.165, 1.54) is 6.07 Å². The van der Waals surface area contributed by atoms with Gasteiger partial charge in [-0.3, -0.25) is 0 Å². The lowest BCUT2D eigenvalue weighted by molar-refractivity contribution is 0.0697. The Balaban J connectivity index is 2.47. The molecule has 0 aliphatic carbocycles. The van der Waals surface area contributed by atoms with Gasteiger partial charge in [-0.25, -0.2) is 4.79 Å². The molecule has 0 heterocycles. The fraction of sp³-hybridized carbons (Fsp3) is 0. The summed E-state index contributed by atoms with van der Waals surface area (Å²) in [4.78, 5) is 11.3. The maximum absolute atomic E-state index is 11.3. The number of rotatable bonds is 4. The molecule has 2 aromatic carbocycles. The second-order valence-corrected chi connectivity index (χ2v) is 4.64. The average Bonchev–Trinajstić information content (AvgIpc) is 2.62. The van der Waals surface area contributed by atoms with Crippen molar-refractivity contribution in [3.8, 4) is 29.3 Å². The van der Waals surface area contributed by atoms with Crippen LogP contribution in [0.2, 0.25) is 0 Å². The molecule has 24 heavy (non-hydrogen) atoms. The molecule has 0 radical (unpaired) electrons. The largest absolute Gasteiger partial charge is 0.478 e. The molecule has 6 nitrogen and oxygen atoms in total. The number of hydrogen-bond acceptors (Lipinski definition) is 5. The molecule has 2 rings (SSSR count).